The molecule has 3 rings (SSSR count). The fraction of sp³-hybridized carbons (Fsp3) is 0.227. The molecule has 1 atom stereocenters. The smallest absolute Gasteiger partial charge is 0.271 e. The van der Waals surface area contributed by atoms with Crippen LogP contribution in [0.1, 0.15) is 18.1 Å². The third-order valence-corrected chi connectivity index (χ3v) is 5.89. The standard InChI is InChI=1S/C22H22ClN3O3S/c1-13-5-7-16(8-6-13)26-21(27)10-9-20(25-26)30-15(3)22(28)24-18-11-14(2)17(23)12-19(18)29-4/h5-12,15H,1-4H3,(H,24,28)/t15-/m0/s1. The van der Waals surface area contributed by atoms with Gasteiger partial charge in [0.05, 0.1) is 23.7 Å². The maximum atomic E-state index is 12.7. The molecule has 30 heavy (non-hydrogen) atoms. The number of carbonyl (C=O) groups excluding carboxylic acids is 1. The summed E-state index contributed by atoms with van der Waals surface area (Å²) >= 11 is 7.39. The molecule has 3 aromatic rings. The Morgan fingerprint density at radius 2 is 1.87 bits per heavy atom. The van der Waals surface area contributed by atoms with Crippen molar-refractivity contribution in [2.75, 3.05) is 12.4 Å². The fourth-order valence-electron chi connectivity index (χ4n) is 2.73. The summed E-state index contributed by atoms with van der Waals surface area (Å²) in [7, 11) is 1.52. The van der Waals surface area contributed by atoms with Gasteiger partial charge in [-0.05, 0) is 50.6 Å². The maximum absolute atomic E-state index is 12.7. The molecule has 1 N–H and O–H groups in total. The molecule has 1 aromatic heterocycles. The zero-order chi connectivity index (χ0) is 21.8. The van der Waals surface area contributed by atoms with E-state index in [0.717, 1.165) is 11.1 Å². The van der Waals surface area contributed by atoms with Crippen molar-refractivity contribution in [1.82, 2.24) is 9.78 Å². The summed E-state index contributed by atoms with van der Waals surface area (Å²) in [5.74, 6) is 0.275. The molecule has 1 heterocycles. The number of hydrogen-bond donors (Lipinski definition) is 1. The van der Waals surface area contributed by atoms with E-state index in [1.807, 2.05) is 38.1 Å². The van der Waals surface area contributed by atoms with Crippen molar-refractivity contribution in [3.63, 3.8) is 0 Å². The summed E-state index contributed by atoms with van der Waals surface area (Å²) in [4.78, 5) is 25.0. The van der Waals surface area contributed by atoms with Gasteiger partial charge >= 0.3 is 0 Å². The van der Waals surface area contributed by atoms with Crippen LogP contribution < -0.4 is 15.6 Å². The Balaban J connectivity index is 1.77. The Morgan fingerprint density at radius 3 is 2.53 bits per heavy atom. The number of nitrogens with one attached hydrogen (secondary N) is 1. The number of anilines is 1. The maximum Gasteiger partial charge on any atom is 0.271 e. The first-order valence-corrected chi connectivity index (χ1v) is 10.5. The summed E-state index contributed by atoms with van der Waals surface area (Å²) in [5, 5.41) is 7.95. The highest BCUT2D eigenvalue weighted by molar-refractivity contribution is 8.00. The van der Waals surface area contributed by atoms with Crippen molar-refractivity contribution in [2.24, 2.45) is 0 Å². The van der Waals surface area contributed by atoms with Gasteiger partial charge in [0, 0.05) is 17.2 Å². The molecular weight excluding hydrogens is 422 g/mol. The van der Waals surface area contributed by atoms with Gasteiger partial charge < -0.3 is 10.1 Å². The number of aryl methyl sites for hydroxylation is 2. The van der Waals surface area contributed by atoms with Crippen molar-refractivity contribution in [3.8, 4) is 11.4 Å². The number of nitrogens with zero attached hydrogens (tertiary/aromatic N) is 2. The van der Waals surface area contributed by atoms with Crippen molar-refractivity contribution in [2.45, 2.75) is 31.0 Å². The molecule has 156 valence electrons. The zero-order valence-electron chi connectivity index (χ0n) is 17.1. The first kappa shape index (κ1) is 21.9. The molecule has 1 amide bonds. The largest absolute Gasteiger partial charge is 0.495 e. The first-order chi connectivity index (χ1) is 14.3. The van der Waals surface area contributed by atoms with E-state index < -0.39 is 5.25 Å². The molecule has 0 aliphatic heterocycles. The number of benzene rings is 2. The van der Waals surface area contributed by atoms with Crippen LogP contribution in [0.2, 0.25) is 5.02 Å². The average molecular weight is 444 g/mol. The van der Waals surface area contributed by atoms with Gasteiger partial charge in [-0.2, -0.15) is 9.78 Å². The molecule has 0 aliphatic rings. The lowest BCUT2D eigenvalue weighted by Crippen LogP contribution is -2.24. The van der Waals surface area contributed by atoms with E-state index in [0.29, 0.717) is 27.2 Å². The van der Waals surface area contributed by atoms with E-state index in [9.17, 15) is 9.59 Å². The van der Waals surface area contributed by atoms with Crippen molar-refractivity contribution in [1.29, 1.82) is 0 Å². The number of methoxy groups -OCH3 is 1. The van der Waals surface area contributed by atoms with Gasteiger partial charge in [-0.3, -0.25) is 9.59 Å². The van der Waals surface area contributed by atoms with Crippen LogP contribution in [0.15, 0.2) is 58.4 Å². The SMILES string of the molecule is COc1cc(Cl)c(C)cc1NC(=O)[C@H](C)Sc1ccc(=O)n(-c2ccc(C)cc2)n1. The minimum Gasteiger partial charge on any atom is -0.495 e. The van der Waals surface area contributed by atoms with Gasteiger partial charge in [0.1, 0.15) is 10.8 Å². The number of hydrogen-bond acceptors (Lipinski definition) is 5. The van der Waals surface area contributed by atoms with Crippen LogP contribution in [-0.2, 0) is 4.79 Å². The Bertz CT molecular complexity index is 1130. The number of amides is 1. The van der Waals surface area contributed by atoms with E-state index >= 15 is 0 Å². The lowest BCUT2D eigenvalue weighted by Gasteiger charge is -2.15. The van der Waals surface area contributed by atoms with Crippen LogP contribution >= 0.6 is 23.4 Å². The summed E-state index contributed by atoms with van der Waals surface area (Å²) in [6.45, 7) is 5.61. The minimum absolute atomic E-state index is 0.213. The highest BCUT2D eigenvalue weighted by Gasteiger charge is 2.18. The third-order valence-electron chi connectivity index (χ3n) is 4.46. The molecule has 0 unspecified atom stereocenters. The van der Waals surface area contributed by atoms with Gasteiger partial charge in [-0.1, -0.05) is 41.1 Å². The number of rotatable bonds is 6. The van der Waals surface area contributed by atoms with Gasteiger partial charge in [0.15, 0.2) is 0 Å². The number of ether oxygens (including phenoxy) is 1. The lowest BCUT2D eigenvalue weighted by molar-refractivity contribution is -0.115. The van der Waals surface area contributed by atoms with Crippen LogP contribution in [0.3, 0.4) is 0 Å². The normalized spacial score (nSPS) is 11.8. The van der Waals surface area contributed by atoms with Crippen LogP contribution in [0, 0.1) is 13.8 Å². The Morgan fingerprint density at radius 1 is 1.17 bits per heavy atom. The Kier molecular flexibility index (Phi) is 6.84. The van der Waals surface area contributed by atoms with E-state index in [4.69, 9.17) is 16.3 Å². The summed E-state index contributed by atoms with van der Waals surface area (Å²) < 4.78 is 6.64. The molecule has 0 saturated heterocycles. The summed E-state index contributed by atoms with van der Waals surface area (Å²) in [5.41, 5.74) is 2.91. The summed E-state index contributed by atoms with van der Waals surface area (Å²) in [6, 6.07) is 14.0. The van der Waals surface area contributed by atoms with E-state index in [2.05, 4.69) is 10.4 Å². The molecule has 8 heteroatoms. The second-order valence-electron chi connectivity index (χ2n) is 6.81. The number of carbonyl (C=O) groups is 1. The van der Waals surface area contributed by atoms with Crippen LogP contribution in [0.25, 0.3) is 5.69 Å². The predicted octanol–water partition coefficient (Wildman–Crippen LogP) is 4.63. The number of aromatic nitrogens is 2. The van der Waals surface area contributed by atoms with Gasteiger partial charge in [0.25, 0.3) is 5.56 Å². The second-order valence-corrected chi connectivity index (χ2v) is 8.58. The van der Waals surface area contributed by atoms with E-state index in [1.165, 1.54) is 29.6 Å². The minimum atomic E-state index is -0.456. The predicted molar refractivity (Wildman–Crippen MR) is 121 cm³/mol. The monoisotopic (exact) mass is 443 g/mol. The van der Waals surface area contributed by atoms with Gasteiger partial charge in [0.2, 0.25) is 5.91 Å². The molecule has 2 aromatic carbocycles. The average Bonchev–Trinajstić information content (AvgIpc) is 2.72. The summed E-state index contributed by atoms with van der Waals surface area (Å²) in [6.07, 6.45) is 0. The third kappa shape index (κ3) is 5.04. The molecule has 0 saturated carbocycles. The molecular formula is C22H22ClN3O3S. The topological polar surface area (TPSA) is 73.2 Å². The molecule has 0 aliphatic carbocycles. The molecule has 0 bridgehead atoms. The van der Waals surface area contributed by atoms with Crippen LogP contribution in [-0.4, -0.2) is 28.0 Å². The Hall–Kier alpha value is -2.77. The molecule has 0 radical (unpaired) electrons. The highest BCUT2D eigenvalue weighted by Crippen LogP contribution is 2.32. The molecule has 0 fully saturated rings. The number of halogens is 1. The lowest BCUT2D eigenvalue weighted by atomic mass is 10.2. The second kappa shape index (κ2) is 9.36. The van der Waals surface area contributed by atoms with Crippen molar-refractivity contribution < 1.29 is 9.53 Å². The van der Waals surface area contributed by atoms with Crippen molar-refractivity contribution >= 4 is 35.0 Å². The van der Waals surface area contributed by atoms with Crippen molar-refractivity contribution in [3.05, 3.63) is 75.0 Å². The van der Waals surface area contributed by atoms with E-state index in [-0.39, 0.29) is 11.5 Å². The van der Waals surface area contributed by atoms with Crippen LogP contribution in [0.5, 0.6) is 5.75 Å². The Labute approximate surface area is 184 Å². The van der Waals surface area contributed by atoms with Gasteiger partial charge in [-0.15, -0.1) is 0 Å². The molecule has 0 spiro atoms. The quantitative estimate of drug-likeness (QED) is 0.562. The van der Waals surface area contributed by atoms with Crippen LogP contribution in [0.4, 0.5) is 5.69 Å². The highest BCUT2D eigenvalue weighted by atomic mass is 35.5. The van der Waals surface area contributed by atoms with E-state index in [1.54, 1.807) is 25.1 Å². The molecule has 6 nitrogen and oxygen atoms in total. The zero-order valence-corrected chi connectivity index (χ0v) is 18.7. The van der Waals surface area contributed by atoms with Gasteiger partial charge in [-0.25, -0.2) is 0 Å². The number of thioether (sulfide) groups is 1. The first-order valence-electron chi connectivity index (χ1n) is 9.27. The fourth-order valence-corrected chi connectivity index (χ4v) is 3.68.